The van der Waals surface area contributed by atoms with E-state index in [-0.39, 0.29) is 24.4 Å². The number of urea groups is 1. The van der Waals surface area contributed by atoms with E-state index in [4.69, 9.17) is 9.90 Å². The zero-order valence-corrected chi connectivity index (χ0v) is 18.7. The number of carboxylic acid groups (broad SMARTS) is 1. The Morgan fingerprint density at radius 1 is 1.09 bits per heavy atom. The van der Waals surface area contributed by atoms with Crippen molar-refractivity contribution in [2.24, 2.45) is 11.8 Å². The van der Waals surface area contributed by atoms with E-state index in [0.29, 0.717) is 18.8 Å². The van der Waals surface area contributed by atoms with E-state index < -0.39 is 17.7 Å². The average Bonchev–Trinajstić information content (AvgIpc) is 2.95. The summed E-state index contributed by atoms with van der Waals surface area (Å²) in [5.41, 5.74) is -0.751. The van der Waals surface area contributed by atoms with Crippen molar-refractivity contribution in [3.8, 4) is 0 Å². The number of carbonyl (C=O) groups excluding carboxylic acids is 3. The first-order chi connectivity index (χ1) is 15.5. The number of halogens is 3. The third-order valence-electron chi connectivity index (χ3n) is 7.41. The van der Waals surface area contributed by atoms with Crippen LogP contribution in [0, 0.1) is 11.8 Å². The predicted octanol–water partition coefficient (Wildman–Crippen LogP) is 1.67. The van der Waals surface area contributed by atoms with Crippen molar-refractivity contribution in [2.45, 2.75) is 56.7 Å². The molecule has 4 aliphatic rings. The molecule has 9 nitrogen and oxygen atoms in total. The van der Waals surface area contributed by atoms with Gasteiger partial charge in [0.05, 0.1) is 0 Å². The van der Waals surface area contributed by atoms with Gasteiger partial charge in [-0.3, -0.25) is 14.5 Å². The van der Waals surface area contributed by atoms with Gasteiger partial charge in [0.2, 0.25) is 5.91 Å². The Hall–Kier alpha value is -2.37. The van der Waals surface area contributed by atoms with Crippen LogP contribution < -0.4 is 5.32 Å². The van der Waals surface area contributed by atoms with Gasteiger partial charge in [0, 0.05) is 20.1 Å². The number of aliphatic carboxylic acids is 1. The topological polar surface area (TPSA) is 110 Å². The number of alkyl halides is 3. The maximum atomic E-state index is 13.0. The summed E-state index contributed by atoms with van der Waals surface area (Å²) in [7, 11) is 1.70. The molecule has 1 spiro atoms. The fourth-order valence-corrected chi connectivity index (χ4v) is 5.44. The molecule has 0 aromatic carbocycles. The summed E-state index contributed by atoms with van der Waals surface area (Å²) in [4.78, 5) is 52.1. The van der Waals surface area contributed by atoms with E-state index in [9.17, 15) is 27.6 Å². The lowest BCUT2D eigenvalue weighted by atomic mass is 9.75. The molecule has 0 aromatic rings. The summed E-state index contributed by atoms with van der Waals surface area (Å²) in [5, 5.41) is 10.4. The summed E-state index contributed by atoms with van der Waals surface area (Å²) in [6.45, 7) is 2.90. The van der Waals surface area contributed by atoms with Crippen molar-refractivity contribution in [1.82, 2.24) is 20.0 Å². The number of carbonyl (C=O) groups is 4. The molecule has 33 heavy (non-hydrogen) atoms. The van der Waals surface area contributed by atoms with Crippen molar-refractivity contribution in [3.63, 3.8) is 0 Å². The van der Waals surface area contributed by atoms with Gasteiger partial charge in [-0.15, -0.1) is 0 Å². The van der Waals surface area contributed by atoms with Gasteiger partial charge in [0.15, 0.2) is 0 Å². The van der Waals surface area contributed by atoms with Crippen LogP contribution in [0.5, 0.6) is 0 Å². The molecule has 4 fully saturated rings. The van der Waals surface area contributed by atoms with Gasteiger partial charge in [-0.1, -0.05) is 19.3 Å². The lowest BCUT2D eigenvalue weighted by Gasteiger charge is -2.41. The Bertz CT molecular complexity index is 784. The molecule has 2 atom stereocenters. The molecule has 3 saturated heterocycles. The Balaban J connectivity index is 0.000000383. The minimum absolute atomic E-state index is 0.0740. The molecular weight excluding hydrogens is 445 g/mol. The molecule has 3 heterocycles. The maximum absolute atomic E-state index is 13.0. The van der Waals surface area contributed by atoms with Crippen LogP contribution in [0.3, 0.4) is 0 Å². The largest absolute Gasteiger partial charge is 0.490 e. The van der Waals surface area contributed by atoms with E-state index in [0.717, 1.165) is 38.5 Å². The fourth-order valence-electron chi connectivity index (χ4n) is 5.44. The normalized spacial score (nSPS) is 27.2. The highest BCUT2D eigenvalue weighted by molar-refractivity contribution is 6.09. The van der Waals surface area contributed by atoms with E-state index in [1.165, 1.54) is 30.6 Å². The van der Waals surface area contributed by atoms with Crippen LogP contribution in [0.25, 0.3) is 0 Å². The molecular formula is C21H31F3N4O5. The second kappa shape index (κ2) is 9.86. The number of imide groups is 1. The molecule has 4 amide bonds. The molecule has 0 unspecified atom stereocenters. The summed E-state index contributed by atoms with van der Waals surface area (Å²) < 4.78 is 31.7. The van der Waals surface area contributed by atoms with Crippen molar-refractivity contribution in [3.05, 3.63) is 0 Å². The first-order valence-corrected chi connectivity index (χ1v) is 11.4. The molecule has 0 bridgehead atoms. The van der Waals surface area contributed by atoms with Crippen LogP contribution in [0.4, 0.5) is 18.0 Å². The number of hydrogen-bond donors (Lipinski definition) is 2. The second-order valence-corrected chi connectivity index (χ2v) is 9.25. The number of piperidine rings is 2. The number of amides is 4. The van der Waals surface area contributed by atoms with Crippen LogP contribution in [0.1, 0.15) is 44.9 Å². The molecule has 0 aromatic heterocycles. The van der Waals surface area contributed by atoms with E-state index >= 15 is 0 Å². The first-order valence-electron chi connectivity index (χ1n) is 11.4. The van der Waals surface area contributed by atoms with Crippen LogP contribution in [-0.4, -0.2) is 95.1 Å². The van der Waals surface area contributed by atoms with Crippen LogP contribution in [0.15, 0.2) is 0 Å². The quantitative estimate of drug-likeness (QED) is 0.587. The molecule has 2 N–H and O–H groups in total. The SMILES string of the molecule is CN1C(=O)N(CC(=O)N2CC[C@@H]3CCCC[C@@H]3C2)C(=O)C12CCNCC2.O=C(O)C(F)(F)F. The number of fused-ring (bicyclic) bond motifs is 1. The molecule has 12 heteroatoms. The standard InChI is InChI=1S/C19H30N4O3.C2HF3O2/c1-21-18(26)23(17(25)19(21)7-9-20-10-8-19)13-16(24)22-11-6-14-4-2-3-5-15(14)12-22;3-2(4,5)1(6)7/h14-15,20H,2-13H2,1H3;(H,6,7)/t14-,15+;/m0./s1. The Labute approximate surface area is 190 Å². The van der Waals surface area contributed by atoms with Gasteiger partial charge in [0.1, 0.15) is 12.1 Å². The summed E-state index contributed by atoms with van der Waals surface area (Å²) in [6, 6.07) is -0.321. The lowest BCUT2D eigenvalue weighted by molar-refractivity contribution is -0.192. The number of likely N-dealkylation sites (tertiary alicyclic amines) is 1. The van der Waals surface area contributed by atoms with Crippen LogP contribution in [-0.2, 0) is 14.4 Å². The van der Waals surface area contributed by atoms with Gasteiger partial charge in [-0.2, -0.15) is 13.2 Å². The van der Waals surface area contributed by atoms with Gasteiger partial charge < -0.3 is 20.2 Å². The second-order valence-electron chi connectivity index (χ2n) is 9.25. The Kier molecular flexibility index (Phi) is 7.55. The molecule has 0 radical (unpaired) electrons. The molecule has 4 rings (SSSR count). The highest BCUT2D eigenvalue weighted by Gasteiger charge is 2.56. The van der Waals surface area contributed by atoms with Crippen molar-refractivity contribution in [1.29, 1.82) is 0 Å². The van der Waals surface area contributed by atoms with Crippen molar-refractivity contribution >= 4 is 23.8 Å². The Morgan fingerprint density at radius 3 is 2.24 bits per heavy atom. The van der Waals surface area contributed by atoms with Gasteiger partial charge in [-0.05, 0) is 50.6 Å². The number of carboxylic acids is 1. The number of rotatable bonds is 2. The minimum Gasteiger partial charge on any atom is -0.475 e. The number of nitrogens with zero attached hydrogens (tertiary/aromatic N) is 3. The molecule has 1 saturated carbocycles. The van der Waals surface area contributed by atoms with Crippen molar-refractivity contribution < 1.29 is 37.5 Å². The minimum atomic E-state index is -5.08. The summed E-state index contributed by atoms with van der Waals surface area (Å²) >= 11 is 0. The Morgan fingerprint density at radius 2 is 1.67 bits per heavy atom. The third-order valence-corrected chi connectivity index (χ3v) is 7.41. The van der Waals surface area contributed by atoms with Gasteiger partial charge in [-0.25, -0.2) is 9.59 Å². The van der Waals surface area contributed by atoms with Gasteiger partial charge >= 0.3 is 18.2 Å². The number of likely N-dealkylation sites (N-methyl/N-ethyl adjacent to an activating group) is 1. The van der Waals surface area contributed by atoms with E-state index in [2.05, 4.69) is 5.32 Å². The number of nitrogens with one attached hydrogen (secondary N) is 1. The maximum Gasteiger partial charge on any atom is 0.490 e. The number of hydrogen-bond acceptors (Lipinski definition) is 5. The molecule has 186 valence electrons. The average molecular weight is 476 g/mol. The fraction of sp³-hybridized carbons (Fsp3) is 0.810. The monoisotopic (exact) mass is 476 g/mol. The predicted molar refractivity (Wildman–Crippen MR) is 110 cm³/mol. The highest BCUT2D eigenvalue weighted by Crippen LogP contribution is 2.37. The lowest BCUT2D eigenvalue weighted by Crippen LogP contribution is -2.54. The van der Waals surface area contributed by atoms with Crippen molar-refractivity contribution in [2.75, 3.05) is 39.8 Å². The van der Waals surface area contributed by atoms with E-state index in [1.807, 2.05) is 4.90 Å². The zero-order chi connectivity index (χ0) is 24.4. The summed E-state index contributed by atoms with van der Waals surface area (Å²) in [6.07, 6.45) is 2.28. The first kappa shape index (κ1) is 25.3. The summed E-state index contributed by atoms with van der Waals surface area (Å²) in [5.74, 6) is -1.66. The van der Waals surface area contributed by atoms with Crippen LogP contribution in [0.2, 0.25) is 0 Å². The van der Waals surface area contributed by atoms with E-state index in [1.54, 1.807) is 11.9 Å². The smallest absolute Gasteiger partial charge is 0.475 e. The van der Waals surface area contributed by atoms with Gasteiger partial charge in [0.25, 0.3) is 5.91 Å². The molecule has 3 aliphatic heterocycles. The van der Waals surface area contributed by atoms with Crippen LogP contribution >= 0.6 is 0 Å². The zero-order valence-electron chi connectivity index (χ0n) is 18.7. The third kappa shape index (κ3) is 5.25. The molecule has 1 aliphatic carbocycles. The highest BCUT2D eigenvalue weighted by atomic mass is 19.4.